The second-order valence-corrected chi connectivity index (χ2v) is 5.64. The lowest BCUT2D eigenvalue weighted by Gasteiger charge is -1.98. The van der Waals surface area contributed by atoms with E-state index in [0.29, 0.717) is 22.3 Å². The SMILES string of the molecule is CCc1cc(-c2nc(-c3ccc(O)c(O)c3)no2)c(N)s1. The molecule has 6 nitrogen and oxygen atoms in total. The van der Waals surface area contributed by atoms with Crippen LogP contribution in [0.2, 0.25) is 0 Å². The Labute approximate surface area is 124 Å². The molecule has 3 aromatic rings. The summed E-state index contributed by atoms with van der Waals surface area (Å²) in [5.74, 6) is 0.231. The number of nitrogens with two attached hydrogens (primary N) is 1. The van der Waals surface area contributed by atoms with Gasteiger partial charge in [-0.1, -0.05) is 12.1 Å². The van der Waals surface area contributed by atoms with Crippen molar-refractivity contribution in [2.45, 2.75) is 13.3 Å². The Bertz CT molecular complexity index is 795. The molecule has 0 unspecified atom stereocenters. The number of nitrogen functional groups attached to an aromatic ring is 1. The predicted molar refractivity (Wildman–Crippen MR) is 80.2 cm³/mol. The van der Waals surface area contributed by atoms with Gasteiger partial charge in [0.15, 0.2) is 11.5 Å². The average molecular weight is 303 g/mol. The van der Waals surface area contributed by atoms with Gasteiger partial charge in [-0.2, -0.15) is 4.98 Å². The molecule has 7 heteroatoms. The molecule has 0 fully saturated rings. The number of nitrogens with zero attached hydrogens (tertiary/aromatic N) is 2. The largest absolute Gasteiger partial charge is 0.504 e. The molecular weight excluding hydrogens is 290 g/mol. The normalized spacial score (nSPS) is 10.9. The van der Waals surface area contributed by atoms with Crippen molar-refractivity contribution >= 4 is 16.3 Å². The number of phenolic OH excluding ortho intramolecular Hbond substituents is 2. The van der Waals surface area contributed by atoms with Crippen LogP contribution in [0.5, 0.6) is 11.5 Å². The van der Waals surface area contributed by atoms with Crippen molar-refractivity contribution in [2.75, 3.05) is 5.73 Å². The van der Waals surface area contributed by atoms with E-state index in [9.17, 15) is 10.2 Å². The second kappa shape index (κ2) is 5.10. The van der Waals surface area contributed by atoms with E-state index < -0.39 is 0 Å². The summed E-state index contributed by atoms with van der Waals surface area (Å²) in [5, 5.41) is 23.3. The molecule has 108 valence electrons. The summed E-state index contributed by atoms with van der Waals surface area (Å²) in [6.45, 7) is 2.05. The van der Waals surface area contributed by atoms with Crippen LogP contribution in [0.1, 0.15) is 11.8 Å². The van der Waals surface area contributed by atoms with Gasteiger partial charge in [0.25, 0.3) is 5.89 Å². The van der Waals surface area contributed by atoms with Crippen molar-refractivity contribution in [3.8, 4) is 34.3 Å². The number of rotatable bonds is 3. The molecule has 21 heavy (non-hydrogen) atoms. The number of anilines is 1. The molecule has 4 N–H and O–H groups in total. The highest BCUT2D eigenvalue weighted by Gasteiger charge is 2.16. The fraction of sp³-hybridized carbons (Fsp3) is 0.143. The zero-order chi connectivity index (χ0) is 15.0. The Balaban J connectivity index is 1.99. The summed E-state index contributed by atoms with van der Waals surface area (Å²) >= 11 is 1.50. The summed E-state index contributed by atoms with van der Waals surface area (Å²) in [7, 11) is 0. The highest BCUT2D eigenvalue weighted by atomic mass is 32.1. The summed E-state index contributed by atoms with van der Waals surface area (Å²) in [4.78, 5) is 5.43. The summed E-state index contributed by atoms with van der Waals surface area (Å²) in [6, 6.07) is 6.27. The van der Waals surface area contributed by atoms with Crippen LogP contribution in [-0.4, -0.2) is 20.4 Å². The number of phenols is 2. The minimum atomic E-state index is -0.234. The van der Waals surface area contributed by atoms with E-state index in [1.807, 2.05) is 13.0 Å². The van der Waals surface area contributed by atoms with Gasteiger partial charge in [0.2, 0.25) is 5.82 Å². The van der Waals surface area contributed by atoms with Crippen LogP contribution in [0.4, 0.5) is 5.00 Å². The van der Waals surface area contributed by atoms with Crippen molar-refractivity contribution in [3.63, 3.8) is 0 Å². The van der Waals surface area contributed by atoms with Crippen molar-refractivity contribution < 1.29 is 14.7 Å². The van der Waals surface area contributed by atoms with Crippen molar-refractivity contribution in [1.82, 2.24) is 10.1 Å². The minimum absolute atomic E-state index is 0.197. The Kier molecular flexibility index (Phi) is 3.26. The van der Waals surface area contributed by atoms with Crippen molar-refractivity contribution in [2.24, 2.45) is 0 Å². The first-order chi connectivity index (χ1) is 10.1. The van der Waals surface area contributed by atoms with E-state index in [4.69, 9.17) is 10.3 Å². The maximum atomic E-state index is 9.51. The fourth-order valence-electron chi connectivity index (χ4n) is 1.91. The number of hydrogen-bond acceptors (Lipinski definition) is 7. The molecule has 0 radical (unpaired) electrons. The van der Waals surface area contributed by atoms with Gasteiger partial charge in [0, 0.05) is 10.4 Å². The lowest BCUT2D eigenvalue weighted by atomic mass is 10.2. The topological polar surface area (TPSA) is 105 Å². The van der Waals surface area contributed by atoms with Crippen molar-refractivity contribution in [3.05, 3.63) is 29.1 Å². The zero-order valence-electron chi connectivity index (χ0n) is 11.2. The Hall–Kier alpha value is -2.54. The molecule has 0 amide bonds. The third-order valence-corrected chi connectivity index (χ3v) is 4.16. The third-order valence-electron chi connectivity index (χ3n) is 3.05. The molecule has 2 heterocycles. The molecular formula is C14H13N3O3S. The zero-order valence-corrected chi connectivity index (χ0v) is 12.0. The van der Waals surface area contributed by atoms with Gasteiger partial charge in [0.1, 0.15) is 0 Å². The van der Waals surface area contributed by atoms with Crippen LogP contribution in [0.25, 0.3) is 22.8 Å². The van der Waals surface area contributed by atoms with Gasteiger partial charge in [-0.15, -0.1) is 11.3 Å². The van der Waals surface area contributed by atoms with Crippen LogP contribution in [0.15, 0.2) is 28.8 Å². The highest BCUT2D eigenvalue weighted by molar-refractivity contribution is 7.16. The van der Waals surface area contributed by atoms with Crippen molar-refractivity contribution in [1.29, 1.82) is 0 Å². The van der Waals surface area contributed by atoms with Crippen LogP contribution < -0.4 is 5.73 Å². The van der Waals surface area contributed by atoms with E-state index in [2.05, 4.69) is 10.1 Å². The summed E-state index contributed by atoms with van der Waals surface area (Å²) in [6.07, 6.45) is 0.891. The lowest BCUT2D eigenvalue weighted by molar-refractivity contribution is 0.404. The fourth-order valence-corrected chi connectivity index (χ4v) is 2.77. The monoisotopic (exact) mass is 303 g/mol. The van der Waals surface area contributed by atoms with Gasteiger partial charge >= 0.3 is 0 Å². The molecule has 2 aromatic heterocycles. The first-order valence-electron chi connectivity index (χ1n) is 6.33. The number of thiophene rings is 1. The molecule has 0 atom stereocenters. The van der Waals surface area contributed by atoms with Gasteiger partial charge < -0.3 is 20.5 Å². The number of aromatic hydroxyl groups is 2. The first kappa shape index (κ1) is 13.4. The summed E-state index contributed by atoms with van der Waals surface area (Å²) < 4.78 is 5.24. The van der Waals surface area contributed by atoms with Gasteiger partial charge in [0.05, 0.1) is 10.6 Å². The Morgan fingerprint density at radius 2 is 2.05 bits per heavy atom. The molecule has 0 saturated heterocycles. The summed E-state index contributed by atoms with van der Waals surface area (Å²) in [5.41, 5.74) is 7.23. The number of benzene rings is 1. The Morgan fingerprint density at radius 3 is 2.71 bits per heavy atom. The highest BCUT2D eigenvalue weighted by Crippen LogP contribution is 2.35. The van der Waals surface area contributed by atoms with Gasteiger partial charge in [-0.05, 0) is 30.7 Å². The average Bonchev–Trinajstić information content (AvgIpc) is 3.08. The molecule has 0 aliphatic heterocycles. The van der Waals surface area contributed by atoms with Crippen LogP contribution in [-0.2, 0) is 6.42 Å². The van der Waals surface area contributed by atoms with E-state index in [1.54, 1.807) is 6.07 Å². The second-order valence-electron chi connectivity index (χ2n) is 4.47. The molecule has 0 aliphatic carbocycles. The van der Waals surface area contributed by atoms with E-state index >= 15 is 0 Å². The van der Waals surface area contributed by atoms with Crippen LogP contribution in [0.3, 0.4) is 0 Å². The van der Waals surface area contributed by atoms with Gasteiger partial charge in [-0.25, -0.2) is 0 Å². The minimum Gasteiger partial charge on any atom is -0.504 e. The molecule has 1 aromatic carbocycles. The smallest absolute Gasteiger partial charge is 0.261 e. The van der Waals surface area contributed by atoms with E-state index in [-0.39, 0.29) is 11.5 Å². The van der Waals surface area contributed by atoms with E-state index in [0.717, 1.165) is 16.9 Å². The molecule has 0 bridgehead atoms. The van der Waals surface area contributed by atoms with Crippen LogP contribution in [0, 0.1) is 0 Å². The third kappa shape index (κ3) is 2.43. The molecule has 0 aliphatic rings. The maximum Gasteiger partial charge on any atom is 0.261 e. The predicted octanol–water partition coefficient (Wildman–Crippen LogP) is 3.02. The number of aromatic nitrogens is 2. The Morgan fingerprint density at radius 1 is 1.24 bits per heavy atom. The maximum absolute atomic E-state index is 9.51. The first-order valence-corrected chi connectivity index (χ1v) is 7.14. The molecule has 0 saturated carbocycles. The standard InChI is InChI=1S/C14H13N3O3S/c1-2-8-6-9(12(15)21-8)14-16-13(17-20-14)7-3-4-10(18)11(19)5-7/h3-6,18-19H,2,15H2,1H3. The van der Waals surface area contributed by atoms with Gasteiger partial charge in [-0.3, -0.25) is 0 Å². The number of hydrogen-bond donors (Lipinski definition) is 3. The number of aryl methyl sites for hydroxylation is 1. The molecule has 3 rings (SSSR count). The quantitative estimate of drug-likeness (QED) is 0.642. The van der Waals surface area contributed by atoms with E-state index in [1.165, 1.54) is 23.5 Å². The lowest BCUT2D eigenvalue weighted by Crippen LogP contribution is -1.84. The van der Waals surface area contributed by atoms with Crippen LogP contribution >= 0.6 is 11.3 Å². The molecule has 0 spiro atoms.